The number of hydrogen-bond acceptors (Lipinski definition) is 9. The van der Waals surface area contributed by atoms with Crippen LogP contribution in [0.2, 0.25) is 0 Å². The zero-order valence-electron chi connectivity index (χ0n) is 27.0. The van der Waals surface area contributed by atoms with Crippen molar-refractivity contribution in [3.8, 4) is 23.1 Å². The molecule has 4 aromatic rings. The standard InChI is InChI=1S/C35H37F2N5O6/c1-34(2)20-35(34,32(43)40-23-7-5-22(36)6-8-23)33(44)41-24-9-10-28(26(37)17-24)48-31-25-18-29(45-3)30(19-27(25)38-21-39-31)47-14-4-11-42-12-15-46-16-13-42/h5-10,17-19,21H,4,11-16,20H2,1-3H3,(H,40,43)(H,41,44). The van der Waals surface area contributed by atoms with Crippen LogP contribution >= 0.6 is 0 Å². The molecule has 1 unspecified atom stereocenters. The molecule has 1 aromatic heterocycles. The Kier molecular flexibility index (Phi) is 9.42. The summed E-state index contributed by atoms with van der Waals surface area (Å²) in [5, 5.41) is 5.86. The monoisotopic (exact) mass is 661 g/mol. The van der Waals surface area contributed by atoms with Gasteiger partial charge in [-0.15, -0.1) is 0 Å². The number of carbonyl (C=O) groups is 2. The lowest BCUT2D eigenvalue weighted by Gasteiger charge is -2.26. The van der Waals surface area contributed by atoms with Gasteiger partial charge in [-0.1, -0.05) is 13.8 Å². The molecule has 1 aliphatic heterocycles. The highest BCUT2D eigenvalue weighted by molar-refractivity contribution is 6.18. The Morgan fingerprint density at radius 3 is 2.27 bits per heavy atom. The number of anilines is 2. The zero-order valence-corrected chi connectivity index (χ0v) is 27.0. The molecule has 2 fully saturated rings. The van der Waals surface area contributed by atoms with E-state index < -0.39 is 34.3 Å². The van der Waals surface area contributed by atoms with Gasteiger partial charge in [0.1, 0.15) is 17.6 Å². The molecule has 6 rings (SSSR count). The summed E-state index contributed by atoms with van der Waals surface area (Å²) >= 11 is 0. The van der Waals surface area contributed by atoms with Gasteiger partial charge in [0.2, 0.25) is 17.7 Å². The van der Waals surface area contributed by atoms with Crippen LogP contribution in [0.3, 0.4) is 0 Å². The van der Waals surface area contributed by atoms with E-state index in [2.05, 4.69) is 25.5 Å². The first-order valence-electron chi connectivity index (χ1n) is 15.7. The summed E-state index contributed by atoms with van der Waals surface area (Å²) in [7, 11) is 1.53. The molecule has 0 spiro atoms. The number of carbonyl (C=O) groups excluding carboxylic acids is 2. The van der Waals surface area contributed by atoms with E-state index in [1.807, 2.05) is 0 Å². The van der Waals surface area contributed by atoms with E-state index in [0.717, 1.165) is 45.3 Å². The molecule has 2 aliphatic rings. The molecule has 1 atom stereocenters. The lowest BCUT2D eigenvalue weighted by Crippen LogP contribution is -2.39. The van der Waals surface area contributed by atoms with Gasteiger partial charge in [-0.25, -0.2) is 18.7 Å². The van der Waals surface area contributed by atoms with E-state index >= 15 is 4.39 Å². The van der Waals surface area contributed by atoms with E-state index in [1.54, 1.807) is 26.0 Å². The van der Waals surface area contributed by atoms with Gasteiger partial charge in [0, 0.05) is 43.1 Å². The lowest BCUT2D eigenvalue weighted by molar-refractivity contribution is -0.132. The Hall–Kier alpha value is -4.88. The molecule has 0 radical (unpaired) electrons. The number of fused-ring (bicyclic) bond motifs is 1. The number of benzene rings is 3. The van der Waals surface area contributed by atoms with Gasteiger partial charge >= 0.3 is 0 Å². The fourth-order valence-corrected chi connectivity index (χ4v) is 5.96. The molecular weight excluding hydrogens is 624 g/mol. The Labute approximate surface area is 276 Å². The van der Waals surface area contributed by atoms with Crippen molar-refractivity contribution in [2.24, 2.45) is 10.8 Å². The number of hydrogen-bond donors (Lipinski definition) is 2. The molecule has 252 valence electrons. The van der Waals surface area contributed by atoms with Crippen molar-refractivity contribution in [2.75, 3.05) is 57.2 Å². The highest BCUT2D eigenvalue weighted by Crippen LogP contribution is 2.64. The molecule has 1 saturated carbocycles. The average Bonchev–Trinajstić information content (AvgIpc) is 3.68. The van der Waals surface area contributed by atoms with E-state index in [9.17, 15) is 14.0 Å². The highest BCUT2D eigenvalue weighted by Gasteiger charge is 2.71. The van der Waals surface area contributed by atoms with Crippen LogP contribution in [0.15, 0.2) is 60.9 Å². The Balaban J connectivity index is 1.13. The normalized spacial score (nSPS) is 18.6. The van der Waals surface area contributed by atoms with Gasteiger partial charge < -0.3 is 29.6 Å². The van der Waals surface area contributed by atoms with Gasteiger partial charge in [-0.2, -0.15) is 0 Å². The Bertz CT molecular complexity index is 1820. The van der Waals surface area contributed by atoms with Crippen molar-refractivity contribution < 1.29 is 37.3 Å². The molecular formula is C35H37F2N5O6. The third kappa shape index (κ3) is 6.87. The number of nitrogens with zero attached hydrogens (tertiary/aromatic N) is 3. The van der Waals surface area contributed by atoms with Crippen LogP contribution in [0.25, 0.3) is 10.9 Å². The minimum atomic E-state index is -1.39. The van der Waals surface area contributed by atoms with Crippen LogP contribution in [0.4, 0.5) is 20.2 Å². The minimum absolute atomic E-state index is 0.101. The number of morpholine rings is 1. The fraction of sp³-hybridized carbons (Fsp3) is 0.371. The smallest absolute Gasteiger partial charge is 0.240 e. The van der Waals surface area contributed by atoms with Crippen LogP contribution in [-0.4, -0.2) is 73.2 Å². The summed E-state index contributed by atoms with van der Waals surface area (Å²) in [4.78, 5) is 37.6. The van der Waals surface area contributed by atoms with Crippen molar-refractivity contribution in [1.82, 2.24) is 14.9 Å². The predicted octanol–water partition coefficient (Wildman–Crippen LogP) is 5.80. The Morgan fingerprint density at radius 2 is 1.60 bits per heavy atom. The number of methoxy groups -OCH3 is 1. The average molecular weight is 662 g/mol. The number of nitrogens with one attached hydrogen (secondary N) is 2. The molecule has 2 N–H and O–H groups in total. The minimum Gasteiger partial charge on any atom is -0.493 e. The highest BCUT2D eigenvalue weighted by atomic mass is 19.1. The molecule has 11 nitrogen and oxygen atoms in total. The van der Waals surface area contributed by atoms with Gasteiger partial charge in [0.15, 0.2) is 23.1 Å². The van der Waals surface area contributed by atoms with Crippen molar-refractivity contribution in [2.45, 2.75) is 26.7 Å². The maximum absolute atomic E-state index is 15.4. The fourth-order valence-electron chi connectivity index (χ4n) is 5.96. The number of aromatic nitrogens is 2. The summed E-state index contributed by atoms with van der Waals surface area (Å²) < 4.78 is 51.5. The summed E-state index contributed by atoms with van der Waals surface area (Å²) in [6, 6.07) is 12.6. The largest absolute Gasteiger partial charge is 0.493 e. The number of rotatable bonds is 12. The molecule has 48 heavy (non-hydrogen) atoms. The molecule has 1 aliphatic carbocycles. The van der Waals surface area contributed by atoms with Crippen molar-refractivity contribution >= 4 is 34.1 Å². The lowest BCUT2D eigenvalue weighted by atomic mass is 9.93. The first-order valence-corrected chi connectivity index (χ1v) is 15.7. The second-order valence-electron chi connectivity index (χ2n) is 12.5. The summed E-state index contributed by atoms with van der Waals surface area (Å²) in [5.74, 6) is -1.36. The SMILES string of the molecule is COc1cc2c(Oc3ccc(NC(=O)C4(C(=O)Nc5ccc(F)cc5)CC4(C)C)cc3F)ncnc2cc1OCCCN1CCOCC1. The van der Waals surface area contributed by atoms with Crippen LogP contribution in [0.1, 0.15) is 26.7 Å². The quantitative estimate of drug-likeness (QED) is 0.143. The Morgan fingerprint density at radius 1 is 0.917 bits per heavy atom. The van der Waals surface area contributed by atoms with Gasteiger partial charge in [0.25, 0.3) is 0 Å². The van der Waals surface area contributed by atoms with Crippen LogP contribution < -0.4 is 24.8 Å². The second kappa shape index (κ2) is 13.7. The first kappa shape index (κ1) is 33.0. The third-order valence-corrected chi connectivity index (χ3v) is 8.88. The van der Waals surface area contributed by atoms with E-state index in [1.165, 1.54) is 49.8 Å². The predicted molar refractivity (Wildman–Crippen MR) is 174 cm³/mol. The molecule has 2 amide bonds. The van der Waals surface area contributed by atoms with Gasteiger partial charge in [-0.3, -0.25) is 14.5 Å². The molecule has 3 aromatic carbocycles. The van der Waals surface area contributed by atoms with Crippen molar-refractivity contribution in [3.05, 3.63) is 72.6 Å². The molecule has 13 heteroatoms. The van der Waals surface area contributed by atoms with Crippen LogP contribution in [-0.2, 0) is 14.3 Å². The van der Waals surface area contributed by atoms with Crippen LogP contribution in [0, 0.1) is 22.5 Å². The maximum Gasteiger partial charge on any atom is 0.240 e. The van der Waals surface area contributed by atoms with Crippen molar-refractivity contribution in [1.29, 1.82) is 0 Å². The number of ether oxygens (including phenoxy) is 4. The molecule has 1 saturated heterocycles. The summed E-state index contributed by atoms with van der Waals surface area (Å²) in [6.07, 6.45) is 2.43. The van der Waals surface area contributed by atoms with E-state index in [0.29, 0.717) is 34.7 Å². The number of amides is 2. The number of halogens is 2. The van der Waals surface area contributed by atoms with E-state index in [-0.39, 0.29) is 23.7 Å². The van der Waals surface area contributed by atoms with Crippen molar-refractivity contribution in [3.63, 3.8) is 0 Å². The van der Waals surface area contributed by atoms with E-state index in [4.69, 9.17) is 18.9 Å². The molecule has 0 bridgehead atoms. The second-order valence-corrected chi connectivity index (χ2v) is 12.5. The zero-order chi connectivity index (χ0) is 33.9. The van der Waals surface area contributed by atoms with Gasteiger partial charge in [0.05, 0.1) is 37.8 Å². The first-order chi connectivity index (χ1) is 23.1. The third-order valence-electron chi connectivity index (χ3n) is 8.88. The maximum atomic E-state index is 15.4. The van der Waals surface area contributed by atoms with Crippen LogP contribution in [0.5, 0.6) is 23.1 Å². The summed E-state index contributed by atoms with van der Waals surface area (Å²) in [6.45, 7) is 8.30. The summed E-state index contributed by atoms with van der Waals surface area (Å²) in [5.41, 5.74) is -1.01. The molecule has 2 heterocycles. The van der Waals surface area contributed by atoms with Gasteiger partial charge in [-0.05, 0) is 60.7 Å². The topological polar surface area (TPSA) is 124 Å².